The normalized spacial score (nSPS) is 32.1. The number of anilines is 1. The van der Waals surface area contributed by atoms with E-state index in [9.17, 15) is 22.8 Å². The van der Waals surface area contributed by atoms with E-state index in [0.717, 1.165) is 29.5 Å². The number of nitrogens with zero attached hydrogens (tertiary/aromatic N) is 1. The summed E-state index contributed by atoms with van der Waals surface area (Å²) in [5.41, 5.74) is -1.11. The molecule has 1 aromatic rings. The molecule has 0 radical (unpaired) electrons. The van der Waals surface area contributed by atoms with Gasteiger partial charge in [-0.15, -0.1) is 0 Å². The molecule has 0 unspecified atom stereocenters. The molecule has 7 heteroatoms. The van der Waals surface area contributed by atoms with Crippen LogP contribution in [0.4, 0.5) is 18.9 Å². The van der Waals surface area contributed by atoms with Crippen LogP contribution in [-0.2, 0) is 15.8 Å². The minimum Gasteiger partial charge on any atom is -0.274 e. The van der Waals surface area contributed by atoms with Gasteiger partial charge in [-0.2, -0.15) is 13.2 Å². The van der Waals surface area contributed by atoms with Crippen molar-refractivity contribution in [3.63, 3.8) is 0 Å². The minimum absolute atomic E-state index is 0.00368. The molecule has 0 N–H and O–H groups in total. The first-order valence-electron chi connectivity index (χ1n) is 7.22. The minimum atomic E-state index is -4.57. The Hall–Kier alpha value is -1.82. The number of carbonyl (C=O) groups excluding carboxylic acids is 2. The lowest BCUT2D eigenvalue weighted by Crippen LogP contribution is -2.33. The Bertz CT molecular complexity index is 728. The number of allylic oxidation sites excluding steroid dienone is 2. The molecule has 2 amide bonds. The van der Waals surface area contributed by atoms with Crippen LogP contribution in [0.2, 0.25) is 5.02 Å². The van der Waals surface area contributed by atoms with Gasteiger partial charge in [0.25, 0.3) is 0 Å². The second kappa shape index (κ2) is 4.60. The molecule has 0 aromatic heterocycles. The second-order valence-corrected chi connectivity index (χ2v) is 6.58. The van der Waals surface area contributed by atoms with Crippen molar-refractivity contribution in [1.29, 1.82) is 0 Å². The average Bonchev–Trinajstić information content (AvgIpc) is 3.13. The number of amides is 2. The SMILES string of the molecule is O=C1[C@@H]2[C@H](C(=O)N1c1cc(C(F)(F)F)ccc1Cl)[C@@H]1C=C[C@@H]2C1. The van der Waals surface area contributed by atoms with Crippen LogP contribution in [0.25, 0.3) is 0 Å². The monoisotopic (exact) mass is 341 g/mol. The third-order valence-electron chi connectivity index (χ3n) is 4.98. The highest BCUT2D eigenvalue weighted by molar-refractivity contribution is 6.36. The van der Waals surface area contributed by atoms with E-state index in [4.69, 9.17) is 11.6 Å². The number of imide groups is 1. The number of hydrogen-bond acceptors (Lipinski definition) is 2. The van der Waals surface area contributed by atoms with E-state index in [2.05, 4.69) is 0 Å². The van der Waals surface area contributed by atoms with Crippen molar-refractivity contribution >= 4 is 29.1 Å². The summed E-state index contributed by atoms with van der Waals surface area (Å²) in [4.78, 5) is 26.1. The van der Waals surface area contributed by atoms with Crippen molar-refractivity contribution in [3.05, 3.63) is 40.9 Å². The van der Waals surface area contributed by atoms with Gasteiger partial charge in [0.05, 0.1) is 28.1 Å². The third kappa shape index (κ3) is 1.97. The highest BCUT2D eigenvalue weighted by Gasteiger charge is 2.59. The molecule has 120 valence electrons. The molecule has 3 aliphatic rings. The van der Waals surface area contributed by atoms with Gasteiger partial charge in [-0.25, -0.2) is 4.90 Å². The van der Waals surface area contributed by atoms with Gasteiger partial charge in [-0.1, -0.05) is 23.8 Å². The first kappa shape index (κ1) is 14.8. The highest BCUT2D eigenvalue weighted by Crippen LogP contribution is 2.53. The molecule has 2 aliphatic carbocycles. The average molecular weight is 342 g/mol. The van der Waals surface area contributed by atoms with Crippen LogP contribution in [0.15, 0.2) is 30.4 Å². The van der Waals surface area contributed by atoms with E-state index in [-0.39, 0.29) is 22.5 Å². The second-order valence-electron chi connectivity index (χ2n) is 6.18. The van der Waals surface area contributed by atoms with Crippen molar-refractivity contribution in [2.24, 2.45) is 23.7 Å². The van der Waals surface area contributed by atoms with E-state index in [1.165, 1.54) is 0 Å². The fourth-order valence-corrected chi connectivity index (χ4v) is 4.20. The molecule has 0 spiro atoms. The van der Waals surface area contributed by atoms with E-state index in [0.29, 0.717) is 0 Å². The molecule has 4 atom stereocenters. The summed E-state index contributed by atoms with van der Waals surface area (Å²) in [5.74, 6) is -1.84. The lowest BCUT2D eigenvalue weighted by molar-refractivity contribution is -0.137. The summed E-state index contributed by atoms with van der Waals surface area (Å²) in [6, 6.07) is 2.68. The van der Waals surface area contributed by atoms with Gasteiger partial charge >= 0.3 is 6.18 Å². The van der Waals surface area contributed by atoms with Crippen molar-refractivity contribution in [3.8, 4) is 0 Å². The van der Waals surface area contributed by atoms with Crippen LogP contribution >= 0.6 is 11.6 Å². The molecule has 1 saturated heterocycles. The smallest absolute Gasteiger partial charge is 0.274 e. The number of halogens is 4. The van der Waals surface area contributed by atoms with Crippen LogP contribution in [0.3, 0.4) is 0 Å². The molecule has 23 heavy (non-hydrogen) atoms. The Balaban J connectivity index is 1.78. The van der Waals surface area contributed by atoms with Crippen molar-refractivity contribution < 1.29 is 22.8 Å². The van der Waals surface area contributed by atoms with Crippen molar-refractivity contribution in [1.82, 2.24) is 0 Å². The maximum atomic E-state index is 12.9. The van der Waals surface area contributed by atoms with Gasteiger partial charge < -0.3 is 0 Å². The van der Waals surface area contributed by atoms with Crippen LogP contribution in [0.5, 0.6) is 0 Å². The molecular formula is C16H11ClF3NO2. The third-order valence-corrected chi connectivity index (χ3v) is 5.30. The Morgan fingerprint density at radius 3 is 2.13 bits per heavy atom. The summed E-state index contributed by atoms with van der Waals surface area (Å²) in [7, 11) is 0. The first-order valence-corrected chi connectivity index (χ1v) is 7.59. The van der Waals surface area contributed by atoms with Gasteiger partial charge in [0.2, 0.25) is 11.8 Å². The highest BCUT2D eigenvalue weighted by atomic mass is 35.5. The number of carbonyl (C=O) groups is 2. The quantitative estimate of drug-likeness (QED) is 0.577. The van der Waals surface area contributed by atoms with Crippen molar-refractivity contribution in [2.75, 3.05) is 4.90 Å². The fourth-order valence-electron chi connectivity index (χ4n) is 4.00. The molecule has 1 heterocycles. The Morgan fingerprint density at radius 1 is 1.04 bits per heavy atom. The molecule has 2 fully saturated rings. The first-order chi connectivity index (χ1) is 10.8. The van der Waals surface area contributed by atoms with Crippen LogP contribution in [0.1, 0.15) is 12.0 Å². The summed E-state index contributed by atoms with van der Waals surface area (Å²) < 4.78 is 38.7. The number of hydrogen-bond donors (Lipinski definition) is 0. The van der Waals surface area contributed by atoms with Gasteiger partial charge in [-0.3, -0.25) is 9.59 Å². The molecule has 1 aliphatic heterocycles. The molecule has 1 saturated carbocycles. The fraction of sp³-hybridized carbons (Fsp3) is 0.375. The molecule has 3 nitrogen and oxygen atoms in total. The van der Waals surface area contributed by atoms with Crippen LogP contribution < -0.4 is 4.90 Å². The zero-order valence-corrected chi connectivity index (χ0v) is 12.4. The van der Waals surface area contributed by atoms with Gasteiger partial charge in [0.15, 0.2) is 0 Å². The Kier molecular flexibility index (Phi) is 2.95. The van der Waals surface area contributed by atoms with Crippen molar-refractivity contribution in [2.45, 2.75) is 12.6 Å². The summed E-state index contributed by atoms with van der Waals surface area (Å²) in [5, 5.41) is -0.0417. The standard InChI is InChI=1S/C16H11ClF3NO2/c17-10-4-3-9(16(18,19)20)6-11(10)21-14(22)12-7-1-2-8(5-7)13(12)15(21)23/h1-4,6-8,12-13H,5H2/t7-,8-,12-,13+/m1/s1. The zero-order valence-electron chi connectivity index (χ0n) is 11.7. The number of rotatable bonds is 1. The van der Waals surface area contributed by atoms with Crippen LogP contribution in [-0.4, -0.2) is 11.8 Å². The number of fused-ring (bicyclic) bond motifs is 5. The molecular weight excluding hydrogens is 331 g/mol. The lowest BCUT2D eigenvalue weighted by Gasteiger charge is -2.20. The van der Waals surface area contributed by atoms with Crippen LogP contribution in [0, 0.1) is 23.7 Å². The van der Waals surface area contributed by atoms with Gasteiger partial charge in [0, 0.05) is 0 Å². The Labute approximate surface area is 134 Å². The van der Waals surface area contributed by atoms with E-state index in [1.54, 1.807) is 0 Å². The molecule has 2 bridgehead atoms. The number of benzene rings is 1. The van der Waals surface area contributed by atoms with Gasteiger partial charge in [-0.05, 0) is 36.5 Å². The largest absolute Gasteiger partial charge is 0.416 e. The maximum absolute atomic E-state index is 12.9. The molecule has 4 rings (SSSR count). The van der Waals surface area contributed by atoms with Gasteiger partial charge in [0.1, 0.15) is 0 Å². The summed E-state index contributed by atoms with van der Waals surface area (Å²) in [6.45, 7) is 0. The Morgan fingerprint density at radius 2 is 1.61 bits per heavy atom. The lowest BCUT2D eigenvalue weighted by atomic mass is 9.85. The van der Waals surface area contributed by atoms with E-state index in [1.807, 2.05) is 12.2 Å². The number of alkyl halides is 3. The zero-order chi connectivity index (χ0) is 16.5. The van der Waals surface area contributed by atoms with E-state index < -0.39 is 35.4 Å². The maximum Gasteiger partial charge on any atom is 0.416 e. The van der Waals surface area contributed by atoms with E-state index >= 15 is 0 Å². The topological polar surface area (TPSA) is 37.4 Å². The summed E-state index contributed by atoms with van der Waals surface area (Å²) >= 11 is 5.97. The summed E-state index contributed by atoms with van der Waals surface area (Å²) in [6.07, 6.45) is 0.0428. The predicted octanol–water partition coefficient (Wildman–Crippen LogP) is 3.67. The molecule has 1 aromatic carbocycles. The predicted molar refractivity (Wildman–Crippen MR) is 76.7 cm³/mol.